The van der Waals surface area contributed by atoms with Crippen molar-refractivity contribution >= 4 is 16.9 Å². The van der Waals surface area contributed by atoms with Crippen molar-refractivity contribution in [3.63, 3.8) is 0 Å². The molecule has 3 heterocycles. The van der Waals surface area contributed by atoms with Gasteiger partial charge < -0.3 is 14.5 Å². The molecule has 144 valence electrons. The number of benzene rings is 1. The third kappa shape index (κ3) is 2.66. The largest absolute Gasteiger partial charge is 0.340 e. The molecule has 1 aliphatic carbocycles. The third-order valence-electron chi connectivity index (χ3n) is 6.04. The van der Waals surface area contributed by atoms with Crippen molar-refractivity contribution in [3.8, 4) is 0 Å². The fourth-order valence-electron chi connectivity index (χ4n) is 4.33. The maximum atomic E-state index is 13.4. The van der Waals surface area contributed by atoms with E-state index >= 15 is 0 Å². The second kappa shape index (κ2) is 6.33. The summed E-state index contributed by atoms with van der Waals surface area (Å²) in [6, 6.07) is 8.08. The van der Waals surface area contributed by atoms with E-state index in [0.717, 1.165) is 53.7 Å². The van der Waals surface area contributed by atoms with E-state index in [1.807, 2.05) is 49.2 Å². The van der Waals surface area contributed by atoms with Gasteiger partial charge in [0.15, 0.2) is 0 Å². The number of H-pyrrole nitrogens is 1. The Balaban J connectivity index is 1.53. The van der Waals surface area contributed by atoms with Gasteiger partial charge in [0.2, 0.25) is 0 Å². The number of aromatic amines is 1. The summed E-state index contributed by atoms with van der Waals surface area (Å²) in [6.07, 6.45) is 5.63. The fraction of sp³-hybridized carbons (Fsp3) is 0.409. The molecule has 1 saturated heterocycles. The van der Waals surface area contributed by atoms with Crippen molar-refractivity contribution in [1.29, 1.82) is 0 Å². The van der Waals surface area contributed by atoms with Crippen molar-refractivity contribution in [2.75, 3.05) is 6.54 Å². The van der Waals surface area contributed by atoms with Crippen LogP contribution in [0.5, 0.6) is 0 Å². The lowest BCUT2D eigenvalue weighted by molar-refractivity contribution is 0.0727. The SMILES string of the molecule is Cc1ccn(C2CC2)c(=O)c1C(=O)N1CCCC1c1nc2c(C)cccc2[nH]1. The van der Waals surface area contributed by atoms with Crippen LogP contribution in [-0.2, 0) is 0 Å². The first kappa shape index (κ1) is 17.2. The van der Waals surface area contributed by atoms with E-state index in [1.54, 1.807) is 4.57 Å². The Morgan fingerprint density at radius 3 is 2.71 bits per heavy atom. The molecule has 0 bridgehead atoms. The van der Waals surface area contributed by atoms with Gasteiger partial charge in [0.05, 0.1) is 17.1 Å². The number of nitrogens with zero attached hydrogens (tertiary/aromatic N) is 3. The molecular formula is C22H24N4O2. The molecule has 2 aliphatic rings. The van der Waals surface area contributed by atoms with Crippen LogP contribution in [0.2, 0.25) is 0 Å². The Kier molecular flexibility index (Phi) is 3.89. The molecule has 1 unspecified atom stereocenters. The van der Waals surface area contributed by atoms with Gasteiger partial charge >= 0.3 is 0 Å². The molecule has 0 radical (unpaired) electrons. The van der Waals surface area contributed by atoms with Crippen molar-refractivity contribution in [1.82, 2.24) is 19.4 Å². The quantitative estimate of drug-likeness (QED) is 0.758. The van der Waals surface area contributed by atoms with Gasteiger partial charge in [-0.15, -0.1) is 0 Å². The van der Waals surface area contributed by atoms with Gasteiger partial charge in [-0.1, -0.05) is 12.1 Å². The molecule has 2 fully saturated rings. The predicted octanol–water partition coefficient (Wildman–Crippen LogP) is 3.65. The summed E-state index contributed by atoms with van der Waals surface area (Å²) in [6.45, 7) is 4.54. The number of rotatable bonds is 3. The van der Waals surface area contributed by atoms with Gasteiger partial charge in [-0.05, 0) is 62.8 Å². The summed E-state index contributed by atoms with van der Waals surface area (Å²) in [5.41, 5.74) is 3.96. The number of nitrogens with one attached hydrogen (secondary N) is 1. The number of amides is 1. The number of aryl methyl sites for hydroxylation is 2. The highest BCUT2D eigenvalue weighted by Crippen LogP contribution is 2.35. The first-order valence-corrected chi connectivity index (χ1v) is 10.0. The van der Waals surface area contributed by atoms with E-state index < -0.39 is 0 Å². The zero-order valence-electron chi connectivity index (χ0n) is 16.2. The molecule has 1 N–H and O–H groups in total. The molecule has 2 aromatic heterocycles. The monoisotopic (exact) mass is 376 g/mol. The van der Waals surface area contributed by atoms with Crippen LogP contribution in [0.25, 0.3) is 11.0 Å². The number of pyridine rings is 1. The average Bonchev–Trinajstić information content (AvgIpc) is 3.22. The Morgan fingerprint density at radius 1 is 1.14 bits per heavy atom. The number of likely N-dealkylation sites (tertiary alicyclic amines) is 1. The third-order valence-corrected chi connectivity index (χ3v) is 6.04. The predicted molar refractivity (Wildman–Crippen MR) is 108 cm³/mol. The Bertz CT molecular complexity index is 1140. The molecule has 5 rings (SSSR count). The minimum atomic E-state index is -0.169. The van der Waals surface area contributed by atoms with Gasteiger partial charge in [-0.25, -0.2) is 4.98 Å². The minimum Gasteiger partial charge on any atom is -0.340 e. The lowest BCUT2D eigenvalue weighted by Gasteiger charge is -2.24. The van der Waals surface area contributed by atoms with Crippen LogP contribution in [0, 0.1) is 13.8 Å². The zero-order chi connectivity index (χ0) is 19.4. The highest BCUT2D eigenvalue weighted by atomic mass is 16.2. The van der Waals surface area contributed by atoms with E-state index in [-0.39, 0.29) is 23.6 Å². The second-order valence-corrected chi connectivity index (χ2v) is 8.07. The zero-order valence-corrected chi connectivity index (χ0v) is 16.2. The smallest absolute Gasteiger partial charge is 0.263 e. The molecule has 1 aromatic carbocycles. The summed E-state index contributed by atoms with van der Waals surface area (Å²) >= 11 is 0. The Morgan fingerprint density at radius 2 is 1.96 bits per heavy atom. The van der Waals surface area contributed by atoms with Crippen molar-refractivity contribution in [3.05, 3.63) is 63.3 Å². The first-order chi connectivity index (χ1) is 13.5. The van der Waals surface area contributed by atoms with Gasteiger partial charge in [0, 0.05) is 18.8 Å². The number of fused-ring (bicyclic) bond motifs is 1. The van der Waals surface area contributed by atoms with Crippen LogP contribution >= 0.6 is 0 Å². The van der Waals surface area contributed by atoms with E-state index in [9.17, 15) is 9.59 Å². The topological polar surface area (TPSA) is 71.0 Å². The molecule has 3 aromatic rings. The van der Waals surface area contributed by atoms with Crippen molar-refractivity contribution in [2.45, 2.75) is 51.6 Å². The van der Waals surface area contributed by atoms with Crippen LogP contribution < -0.4 is 5.56 Å². The number of aromatic nitrogens is 3. The normalized spacial score (nSPS) is 19.5. The standard InChI is InChI=1S/C22H24N4O2/c1-13-10-12-25(15-8-9-15)21(27)18(13)22(28)26-11-4-7-17(26)20-23-16-6-3-5-14(2)19(16)24-20/h3,5-6,10,12,15,17H,4,7-9,11H2,1-2H3,(H,23,24). The fourth-order valence-corrected chi connectivity index (χ4v) is 4.33. The summed E-state index contributed by atoms with van der Waals surface area (Å²) in [5.74, 6) is 0.642. The molecular weight excluding hydrogens is 352 g/mol. The van der Waals surface area contributed by atoms with Gasteiger partial charge in [-0.3, -0.25) is 9.59 Å². The van der Waals surface area contributed by atoms with Gasteiger partial charge in [0.25, 0.3) is 11.5 Å². The first-order valence-electron chi connectivity index (χ1n) is 10.0. The lowest BCUT2D eigenvalue weighted by Crippen LogP contribution is -2.37. The summed E-state index contributed by atoms with van der Waals surface area (Å²) in [7, 11) is 0. The molecule has 1 aliphatic heterocycles. The number of para-hydroxylation sites is 1. The molecule has 1 atom stereocenters. The van der Waals surface area contributed by atoms with Gasteiger partial charge in [-0.2, -0.15) is 0 Å². The van der Waals surface area contributed by atoms with Crippen LogP contribution in [0.1, 0.15) is 65.1 Å². The van der Waals surface area contributed by atoms with E-state index in [1.165, 1.54) is 0 Å². The summed E-state index contributed by atoms with van der Waals surface area (Å²) in [4.78, 5) is 36.4. The minimum absolute atomic E-state index is 0.118. The highest BCUT2D eigenvalue weighted by molar-refractivity contribution is 5.95. The number of hydrogen-bond acceptors (Lipinski definition) is 3. The Labute approximate surface area is 163 Å². The van der Waals surface area contributed by atoms with Crippen molar-refractivity contribution < 1.29 is 4.79 Å². The van der Waals surface area contributed by atoms with Crippen LogP contribution in [0.15, 0.2) is 35.3 Å². The lowest BCUT2D eigenvalue weighted by atomic mass is 10.1. The number of carbonyl (C=O) groups excluding carboxylic acids is 1. The maximum absolute atomic E-state index is 13.4. The Hall–Kier alpha value is -2.89. The number of hydrogen-bond donors (Lipinski definition) is 1. The van der Waals surface area contributed by atoms with E-state index in [4.69, 9.17) is 4.98 Å². The molecule has 6 nitrogen and oxygen atoms in total. The van der Waals surface area contributed by atoms with Crippen LogP contribution in [-0.4, -0.2) is 31.9 Å². The highest BCUT2D eigenvalue weighted by Gasteiger charge is 2.35. The van der Waals surface area contributed by atoms with Crippen molar-refractivity contribution in [2.24, 2.45) is 0 Å². The van der Waals surface area contributed by atoms with E-state index in [2.05, 4.69) is 4.98 Å². The molecule has 28 heavy (non-hydrogen) atoms. The molecule has 1 amide bonds. The number of imidazole rings is 1. The maximum Gasteiger partial charge on any atom is 0.263 e. The average molecular weight is 376 g/mol. The second-order valence-electron chi connectivity index (χ2n) is 8.07. The van der Waals surface area contributed by atoms with Crippen LogP contribution in [0.4, 0.5) is 0 Å². The summed E-state index contributed by atoms with van der Waals surface area (Å²) in [5, 5.41) is 0. The molecule has 1 saturated carbocycles. The summed E-state index contributed by atoms with van der Waals surface area (Å²) < 4.78 is 1.73. The van der Waals surface area contributed by atoms with Crippen LogP contribution in [0.3, 0.4) is 0 Å². The van der Waals surface area contributed by atoms with E-state index in [0.29, 0.717) is 12.1 Å². The molecule has 6 heteroatoms. The molecule has 0 spiro atoms. The number of carbonyl (C=O) groups is 1. The van der Waals surface area contributed by atoms with Gasteiger partial charge in [0.1, 0.15) is 11.4 Å².